The predicted octanol–water partition coefficient (Wildman–Crippen LogP) is 9.48. The molecule has 1 aliphatic carbocycles. The van der Waals surface area contributed by atoms with Crippen molar-refractivity contribution in [2.24, 2.45) is 11.8 Å². The van der Waals surface area contributed by atoms with Crippen molar-refractivity contribution in [1.29, 1.82) is 0 Å². The molecule has 9 atom stereocenters. The number of hydrogen-bond donors (Lipinski definition) is 1. The highest BCUT2D eigenvalue weighted by molar-refractivity contribution is 6.26. The van der Waals surface area contributed by atoms with E-state index in [0.717, 1.165) is 16.7 Å². The van der Waals surface area contributed by atoms with Crippen LogP contribution in [-0.4, -0.2) is 88.6 Å². The molecule has 3 aliphatic heterocycles. The number of carbonyl (C=O) groups excluding carboxylic acids is 2. The van der Waals surface area contributed by atoms with Crippen LogP contribution in [0.15, 0.2) is 146 Å². The molecule has 392 valence electrons. The maximum Gasteiger partial charge on any atom is 0.369 e. The summed E-state index contributed by atoms with van der Waals surface area (Å²) in [5.41, 5.74) is 4.35. The van der Waals surface area contributed by atoms with Crippen molar-refractivity contribution in [3.05, 3.63) is 185 Å². The molecule has 2 fully saturated rings. The molecule has 10 rings (SSSR count). The quantitative estimate of drug-likeness (QED) is 0.0573. The highest BCUT2D eigenvalue weighted by Gasteiger charge is 2.71. The van der Waals surface area contributed by atoms with E-state index in [1.165, 1.54) is 21.3 Å². The average Bonchev–Trinajstić information content (AvgIpc) is 4.08. The number of fused-ring (bicyclic) bond motifs is 3. The van der Waals surface area contributed by atoms with Gasteiger partial charge in [0.2, 0.25) is 17.6 Å². The molecule has 0 spiro atoms. The van der Waals surface area contributed by atoms with E-state index >= 15 is 13.6 Å². The van der Waals surface area contributed by atoms with Gasteiger partial charge >= 0.3 is 11.9 Å². The first-order valence-corrected chi connectivity index (χ1v) is 24.9. The maximum atomic E-state index is 18.4. The number of ether oxygens (including phenoxy) is 11. The fourth-order valence-corrected chi connectivity index (χ4v) is 10.9. The second-order valence-corrected chi connectivity index (χ2v) is 19.2. The molecule has 6 aromatic rings. The first kappa shape index (κ1) is 51.7. The summed E-state index contributed by atoms with van der Waals surface area (Å²) in [6, 6.07) is 42.2. The van der Waals surface area contributed by atoms with Gasteiger partial charge in [-0.05, 0) is 63.2 Å². The smallest absolute Gasteiger partial charge is 0.369 e. The Morgan fingerprint density at radius 2 is 1.17 bits per heavy atom. The van der Waals surface area contributed by atoms with Crippen LogP contribution in [-0.2, 0) is 64.4 Å². The molecule has 75 heavy (non-hydrogen) atoms. The molecule has 2 saturated heterocycles. The van der Waals surface area contributed by atoms with Gasteiger partial charge in [0.05, 0.1) is 72.9 Å². The van der Waals surface area contributed by atoms with Crippen LogP contribution in [0.25, 0.3) is 0 Å². The zero-order chi connectivity index (χ0) is 52.1. The highest BCUT2D eigenvalue weighted by Crippen LogP contribution is 2.57. The van der Waals surface area contributed by atoms with E-state index < -0.39 is 71.1 Å². The van der Waals surface area contributed by atoms with Gasteiger partial charge in [-0.2, -0.15) is 8.78 Å². The molecule has 6 aromatic carbocycles. The lowest BCUT2D eigenvalue weighted by atomic mass is 9.65. The molecule has 1 N–H and O–H groups in total. The van der Waals surface area contributed by atoms with Gasteiger partial charge in [-0.3, -0.25) is 9.59 Å². The Morgan fingerprint density at radius 1 is 0.667 bits per heavy atom. The van der Waals surface area contributed by atoms with Gasteiger partial charge in [0.25, 0.3) is 5.91 Å². The highest BCUT2D eigenvalue weighted by atomic mass is 35.5. The van der Waals surface area contributed by atoms with Crippen LogP contribution >= 0.6 is 11.6 Å². The molecule has 0 aromatic heterocycles. The topological polar surface area (TPSA) is 148 Å². The molecule has 0 saturated carbocycles. The molecule has 0 radical (unpaired) electrons. The minimum Gasteiger partial charge on any atom is -0.493 e. The van der Waals surface area contributed by atoms with Crippen molar-refractivity contribution in [3.63, 3.8) is 0 Å². The number of amides is 1. The van der Waals surface area contributed by atoms with E-state index in [1.54, 1.807) is 48.5 Å². The number of rotatable bonds is 20. The summed E-state index contributed by atoms with van der Waals surface area (Å²) in [4.78, 5) is 29.2. The van der Waals surface area contributed by atoms with Crippen LogP contribution in [0.3, 0.4) is 0 Å². The summed E-state index contributed by atoms with van der Waals surface area (Å²) >= 11 is 7.46. The van der Waals surface area contributed by atoms with Crippen LogP contribution < -0.4 is 29.0 Å². The number of halogens is 3. The Balaban J connectivity index is 1.06. The molecule has 17 heteroatoms. The van der Waals surface area contributed by atoms with Crippen LogP contribution in [0.2, 0.25) is 0 Å². The second-order valence-electron chi connectivity index (χ2n) is 18.7. The average molecular weight is 1050 g/mol. The maximum absolute atomic E-state index is 18.4. The SMILES string of the molecule is COc1cc([C@@H]2c3cc4c(cc3[C@@H](NC(=O)C(F)(F)C3(Cl)O[C@H](COCc5ccccc5)[C@@H](OCc5ccccc5)[C@H](OCc5ccccc5)[C@H]3OCc3ccccc3)C3COC(=O)[C@@H]32)OCO4)cc(OC)c1OC. The Hall–Kier alpha value is -6.79. The Bertz CT molecular complexity index is 2900. The predicted molar refractivity (Wildman–Crippen MR) is 269 cm³/mol. The molecular weight excluding hydrogens is 992 g/mol. The summed E-state index contributed by atoms with van der Waals surface area (Å²) in [5, 5.41) is -0.648. The minimum atomic E-state index is -4.63. The zero-order valence-corrected chi connectivity index (χ0v) is 42.1. The number of nitrogens with one attached hydrogen (secondary N) is 1. The monoisotopic (exact) mass is 1050 g/mol. The minimum absolute atomic E-state index is 0.0206. The van der Waals surface area contributed by atoms with Gasteiger partial charge in [0.1, 0.15) is 24.4 Å². The van der Waals surface area contributed by atoms with Crippen molar-refractivity contribution in [1.82, 2.24) is 5.32 Å². The fraction of sp³-hybridized carbons (Fsp3) is 0.345. The van der Waals surface area contributed by atoms with Crippen LogP contribution in [0.4, 0.5) is 8.78 Å². The molecule has 3 heterocycles. The third-order valence-corrected chi connectivity index (χ3v) is 14.7. The van der Waals surface area contributed by atoms with E-state index in [4.69, 9.17) is 63.7 Å². The Labute approximate surface area is 437 Å². The molecule has 2 unspecified atom stereocenters. The molecule has 0 bridgehead atoms. The Kier molecular flexibility index (Phi) is 15.6. The Morgan fingerprint density at radius 3 is 1.71 bits per heavy atom. The zero-order valence-electron chi connectivity index (χ0n) is 41.4. The number of esters is 1. The number of benzene rings is 6. The lowest BCUT2D eigenvalue weighted by molar-refractivity contribution is -0.320. The standard InChI is InChI=1S/C58H56ClF2NO13/c1-65-45-24-39(25-46(66-2)51(45)67-3)48-40-26-43-44(74-34-73-43)27-41(40)50(42-32-72-55(63)49(42)48)62-56(64)58(60,61)57(59)54(71-31-38-22-14-7-15-23-38)53(70-30-37-20-12-6-13-21-37)52(69-29-36-18-10-5-11-19-36)47(75-57)33-68-28-35-16-8-4-9-17-35/h4-27,42,47-50,52-54H,28-34H2,1-3H3,(H,62,64)/t42?,47-,48-,49+,50-,52-,53+,54-,57?/m1/s1. The summed E-state index contributed by atoms with van der Waals surface area (Å²) in [5.74, 6) is -8.12. The van der Waals surface area contributed by atoms with Gasteiger partial charge in [-0.25, -0.2) is 0 Å². The molecular formula is C58H56ClF2NO13. The summed E-state index contributed by atoms with van der Waals surface area (Å²) in [7, 11) is 4.42. The van der Waals surface area contributed by atoms with Crippen molar-refractivity contribution in [2.75, 3.05) is 41.3 Å². The first-order chi connectivity index (χ1) is 36.5. The second kappa shape index (κ2) is 22.6. The number of carbonyl (C=O) groups is 2. The third kappa shape index (κ3) is 10.5. The van der Waals surface area contributed by atoms with E-state index in [1.807, 2.05) is 97.1 Å². The summed E-state index contributed by atoms with van der Waals surface area (Å²) in [6.45, 7) is -0.866. The van der Waals surface area contributed by atoms with Gasteiger partial charge < -0.3 is 57.4 Å². The number of methoxy groups -OCH3 is 3. The van der Waals surface area contributed by atoms with E-state index in [0.29, 0.717) is 51.0 Å². The van der Waals surface area contributed by atoms with Crippen LogP contribution in [0.1, 0.15) is 50.9 Å². The third-order valence-electron chi connectivity index (χ3n) is 14.1. The van der Waals surface area contributed by atoms with Gasteiger partial charge in [0.15, 0.2) is 23.0 Å². The number of hydrogen-bond acceptors (Lipinski definition) is 13. The van der Waals surface area contributed by atoms with E-state index in [2.05, 4.69) is 5.32 Å². The van der Waals surface area contributed by atoms with Crippen LogP contribution in [0.5, 0.6) is 28.7 Å². The lowest BCUT2D eigenvalue weighted by Crippen LogP contribution is -2.72. The molecule has 14 nitrogen and oxygen atoms in total. The largest absolute Gasteiger partial charge is 0.493 e. The first-order valence-electron chi connectivity index (χ1n) is 24.5. The van der Waals surface area contributed by atoms with Gasteiger partial charge in [0, 0.05) is 11.8 Å². The number of cyclic esters (lactones) is 1. The number of alkyl halides is 3. The van der Waals surface area contributed by atoms with E-state index in [-0.39, 0.29) is 46.4 Å². The molecule has 1 amide bonds. The summed E-state index contributed by atoms with van der Waals surface area (Å²) < 4.78 is 104. The van der Waals surface area contributed by atoms with Crippen molar-refractivity contribution >= 4 is 23.5 Å². The lowest BCUT2D eigenvalue weighted by Gasteiger charge is -2.51. The van der Waals surface area contributed by atoms with Crippen molar-refractivity contribution in [2.45, 2.75) is 73.8 Å². The van der Waals surface area contributed by atoms with Crippen molar-refractivity contribution in [3.8, 4) is 28.7 Å². The molecule has 4 aliphatic rings. The summed E-state index contributed by atoms with van der Waals surface area (Å²) in [6.07, 6.45) is -5.82. The fourth-order valence-electron chi connectivity index (χ4n) is 10.5. The normalized spacial score (nSPS) is 24.6. The van der Waals surface area contributed by atoms with Crippen molar-refractivity contribution < 1.29 is 70.5 Å². The van der Waals surface area contributed by atoms with E-state index in [9.17, 15) is 4.79 Å². The van der Waals surface area contributed by atoms with Crippen LogP contribution in [0, 0.1) is 11.8 Å². The van der Waals surface area contributed by atoms with Gasteiger partial charge in [-0.1, -0.05) is 133 Å². The van der Waals surface area contributed by atoms with Gasteiger partial charge in [-0.15, -0.1) is 0 Å².